The van der Waals surface area contributed by atoms with E-state index < -0.39 is 23.4 Å². The van der Waals surface area contributed by atoms with E-state index in [1.165, 1.54) is 36.4 Å². The lowest BCUT2D eigenvalue weighted by Crippen LogP contribution is -2.36. The second-order valence-electron chi connectivity index (χ2n) is 6.02. The predicted octanol–water partition coefficient (Wildman–Crippen LogP) is 5.71. The van der Waals surface area contributed by atoms with Gasteiger partial charge in [0.15, 0.2) is 0 Å². The number of carboxylic acid groups (broad SMARTS) is 1. The summed E-state index contributed by atoms with van der Waals surface area (Å²) < 4.78 is 27.9. The van der Waals surface area contributed by atoms with Gasteiger partial charge in [-0.1, -0.05) is 46.0 Å². The van der Waals surface area contributed by atoms with Crippen molar-refractivity contribution in [2.24, 2.45) is 11.1 Å². The molecule has 9 heteroatoms. The molecule has 0 aromatic heterocycles. The molecule has 1 aliphatic heterocycles. The van der Waals surface area contributed by atoms with E-state index in [9.17, 15) is 13.6 Å². The first-order chi connectivity index (χ1) is 12.6. The summed E-state index contributed by atoms with van der Waals surface area (Å²) in [6.45, 7) is 1.56. The molecule has 2 unspecified atom stereocenters. The summed E-state index contributed by atoms with van der Waals surface area (Å²) in [5, 5.41) is 11.3. The van der Waals surface area contributed by atoms with Gasteiger partial charge >= 0.3 is 5.97 Å². The van der Waals surface area contributed by atoms with Crippen LogP contribution in [0, 0.1) is 12.8 Å². The number of rotatable bonds is 4. The van der Waals surface area contributed by atoms with Crippen LogP contribution in [-0.4, -0.2) is 23.2 Å². The fourth-order valence-electron chi connectivity index (χ4n) is 2.96. The van der Waals surface area contributed by atoms with Crippen molar-refractivity contribution in [3.63, 3.8) is 0 Å². The van der Waals surface area contributed by atoms with E-state index in [2.05, 4.69) is 5.16 Å². The van der Waals surface area contributed by atoms with E-state index in [1.54, 1.807) is 6.92 Å². The quantitative estimate of drug-likeness (QED) is 0.627. The Kier molecular flexibility index (Phi) is 5.34. The number of aromatic carboxylic acids is 1. The molecule has 0 saturated carbocycles. The molecule has 2 aromatic carbocycles. The Labute approximate surface area is 168 Å². The lowest BCUT2D eigenvalue weighted by atomic mass is 9.87. The zero-order valence-corrected chi connectivity index (χ0v) is 16.0. The fraction of sp³-hybridized carbons (Fsp3) is 0.222. The second-order valence-corrected chi connectivity index (χ2v) is 7.45. The highest BCUT2D eigenvalue weighted by atomic mass is 35.5. The molecule has 3 rings (SSSR count). The van der Waals surface area contributed by atoms with Crippen LogP contribution in [0.4, 0.5) is 8.78 Å². The van der Waals surface area contributed by atoms with Crippen LogP contribution in [0.2, 0.25) is 10.0 Å². The number of benzene rings is 2. The highest BCUT2D eigenvalue weighted by Crippen LogP contribution is 2.48. The van der Waals surface area contributed by atoms with E-state index in [0.717, 1.165) is 0 Å². The molecule has 0 radical (unpaired) electrons. The van der Waals surface area contributed by atoms with Gasteiger partial charge in [0, 0.05) is 21.2 Å². The van der Waals surface area contributed by atoms with Crippen LogP contribution in [0.5, 0.6) is 0 Å². The Bertz CT molecular complexity index is 931. The van der Waals surface area contributed by atoms with Gasteiger partial charge in [-0.2, -0.15) is 0 Å². The number of hydrogen-bond donors (Lipinski definition) is 1. The largest absolute Gasteiger partial charge is 0.478 e. The Balaban J connectivity index is 2.06. The lowest BCUT2D eigenvalue weighted by Gasteiger charge is -2.27. The van der Waals surface area contributed by atoms with Crippen molar-refractivity contribution in [1.29, 1.82) is 0 Å². The molecule has 4 nitrogen and oxygen atoms in total. The van der Waals surface area contributed by atoms with Gasteiger partial charge in [0.1, 0.15) is 11.6 Å². The number of carboxylic acids is 1. The van der Waals surface area contributed by atoms with Crippen molar-refractivity contribution < 1.29 is 23.5 Å². The van der Waals surface area contributed by atoms with Crippen molar-refractivity contribution in [3.8, 4) is 0 Å². The summed E-state index contributed by atoms with van der Waals surface area (Å²) in [7, 11) is 0. The van der Waals surface area contributed by atoms with E-state index in [0.29, 0.717) is 11.1 Å². The first kappa shape index (κ1) is 19.9. The van der Waals surface area contributed by atoms with Crippen LogP contribution in [0.25, 0.3) is 0 Å². The third kappa shape index (κ3) is 3.61. The third-order valence-electron chi connectivity index (χ3n) is 4.23. The van der Waals surface area contributed by atoms with Crippen molar-refractivity contribution in [1.82, 2.24) is 0 Å². The Hall–Kier alpha value is -1.89. The molecule has 27 heavy (non-hydrogen) atoms. The average Bonchev–Trinajstić information content (AvgIpc) is 2.92. The van der Waals surface area contributed by atoms with E-state index >= 15 is 0 Å². The third-order valence-corrected chi connectivity index (χ3v) is 5.19. The molecule has 0 aliphatic carbocycles. The lowest BCUT2D eigenvalue weighted by molar-refractivity contribution is -0.0286. The van der Waals surface area contributed by atoms with E-state index in [4.69, 9.17) is 44.7 Å². The van der Waals surface area contributed by atoms with Crippen LogP contribution in [-0.2, 0) is 9.90 Å². The van der Waals surface area contributed by atoms with Gasteiger partial charge in [-0.25, -0.2) is 13.6 Å². The van der Waals surface area contributed by atoms with Crippen molar-refractivity contribution in [3.05, 3.63) is 68.7 Å². The van der Waals surface area contributed by atoms with Gasteiger partial charge in [0.05, 0.1) is 5.56 Å². The van der Waals surface area contributed by atoms with Crippen LogP contribution in [0.15, 0.2) is 41.6 Å². The zero-order valence-electron chi connectivity index (χ0n) is 13.7. The molecule has 142 valence electrons. The van der Waals surface area contributed by atoms with Crippen LogP contribution in [0.3, 0.4) is 0 Å². The van der Waals surface area contributed by atoms with Gasteiger partial charge in [-0.05, 0) is 42.8 Å². The van der Waals surface area contributed by atoms with Crippen molar-refractivity contribution in [2.45, 2.75) is 18.4 Å². The molecule has 1 heterocycles. The maximum atomic E-state index is 14.0. The minimum atomic E-state index is -2.92. The molecule has 0 amide bonds. The highest BCUT2D eigenvalue weighted by molar-refractivity contribution is 6.35. The Morgan fingerprint density at radius 2 is 1.85 bits per heavy atom. The Morgan fingerprint density at radius 1 is 1.22 bits per heavy atom. The molecular weight excluding hydrogens is 423 g/mol. The minimum absolute atomic E-state index is 0.0608. The molecule has 2 aromatic rings. The topological polar surface area (TPSA) is 58.9 Å². The fourth-order valence-corrected chi connectivity index (χ4v) is 3.83. The standard InChI is InChI=1S/C18H12Cl3F2NO3/c1-8-4-9(2-3-13(8)17(25)26)15-14(16(22)23)18(21,27-24-15)10-5-11(19)7-12(20)6-10/h2-7,14,16H,1H3,(H,25,26). The van der Waals surface area contributed by atoms with E-state index in [1.807, 2.05) is 0 Å². The van der Waals surface area contributed by atoms with Crippen molar-refractivity contribution in [2.75, 3.05) is 0 Å². The average molecular weight is 435 g/mol. The molecule has 0 fully saturated rings. The number of hydrogen-bond acceptors (Lipinski definition) is 3. The second kappa shape index (κ2) is 7.26. The maximum absolute atomic E-state index is 14.0. The molecular formula is C18H12Cl3F2NO3. The number of carbonyl (C=O) groups is 1. The summed E-state index contributed by atoms with van der Waals surface area (Å²) in [6, 6.07) is 8.37. The number of alkyl halides is 3. The monoisotopic (exact) mass is 433 g/mol. The van der Waals surface area contributed by atoms with Crippen LogP contribution >= 0.6 is 34.8 Å². The number of aryl methyl sites for hydroxylation is 1. The van der Waals surface area contributed by atoms with E-state index in [-0.39, 0.29) is 26.9 Å². The molecule has 1 aliphatic rings. The molecule has 0 bridgehead atoms. The SMILES string of the molecule is Cc1cc(C2=NOC(Cl)(c3cc(Cl)cc(Cl)c3)C2C(F)F)ccc1C(=O)O. The van der Waals surface area contributed by atoms with Gasteiger partial charge in [0.25, 0.3) is 6.43 Å². The molecule has 1 N–H and O–H groups in total. The van der Waals surface area contributed by atoms with Gasteiger partial charge in [0.2, 0.25) is 5.06 Å². The smallest absolute Gasteiger partial charge is 0.335 e. The summed E-state index contributed by atoms with van der Waals surface area (Å²) in [5.74, 6) is -2.74. The highest BCUT2D eigenvalue weighted by Gasteiger charge is 2.54. The molecule has 0 spiro atoms. The summed E-state index contributed by atoms with van der Waals surface area (Å²) in [4.78, 5) is 16.4. The Morgan fingerprint density at radius 3 is 2.37 bits per heavy atom. The summed E-state index contributed by atoms with van der Waals surface area (Å²) in [6.07, 6.45) is -2.92. The summed E-state index contributed by atoms with van der Waals surface area (Å²) in [5.41, 5.74) is 0.804. The first-order valence-corrected chi connectivity index (χ1v) is 8.81. The number of oxime groups is 1. The predicted molar refractivity (Wildman–Crippen MR) is 99.2 cm³/mol. The maximum Gasteiger partial charge on any atom is 0.335 e. The minimum Gasteiger partial charge on any atom is -0.478 e. The van der Waals surface area contributed by atoms with Crippen molar-refractivity contribution >= 4 is 46.5 Å². The van der Waals surface area contributed by atoms with Crippen LogP contribution < -0.4 is 0 Å². The van der Waals surface area contributed by atoms with Crippen LogP contribution in [0.1, 0.15) is 27.0 Å². The normalized spacial score (nSPS) is 21.9. The summed E-state index contributed by atoms with van der Waals surface area (Å²) >= 11 is 18.4. The van der Waals surface area contributed by atoms with Gasteiger partial charge in [-0.3, -0.25) is 0 Å². The molecule has 2 atom stereocenters. The van der Waals surface area contributed by atoms with Gasteiger partial charge in [-0.15, -0.1) is 0 Å². The molecule has 0 saturated heterocycles. The number of nitrogens with zero attached hydrogens (tertiary/aromatic N) is 1. The number of halogens is 5. The first-order valence-electron chi connectivity index (χ1n) is 7.67. The zero-order chi connectivity index (χ0) is 19.9. The van der Waals surface area contributed by atoms with Gasteiger partial charge < -0.3 is 9.94 Å².